The second-order valence-electron chi connectivity index (χ2n) is 6.55. The predicted octanol–water partition coefficient (Wildman–Crippen LogP) is 4.06. The lowest BCUT2D eigenvalue weighted by molar-refractivity contribution is 0.0729. The van der Waals surface area contributed by atoms with Gasteiger partial charge in [0.1, 0.15) is 0 Å². The molecule has 1 amide bonds. The van der Waals surface area contributed by atoms with Crippen molar-refractivity contribution >= 4 is 29.7 Å². The minimum atomic E-state index is -0.605. The van der Waals surface area contributed by atoms with Gasteiger partial charge in [-0.3, -0.25) is 4.79 Å². The number of esters is 1. The molecule has 0 fully saturated rings. The standard InChI is InChI=1S/C23H17ClN2O6/c1-29-20-10-14(6-8-19(20)32-23(28)16-4-2-3-5-17(16)24)12-25-26-22(27)15-7-9-18-21(11-15)31-13-30-18/h2-12H,13H2,1H3,(H,26,27)/b25-12+. The molecular weight excluding hydrogens is 436 g/mol. The van der Waals surface area contributed by atoms with E-state index in [1.807, 2.05) is 0 Å². The van der Waals surface area contributed by atoms with Crippen LogP contribution in [0.1, 0.15) is 26.3 Å². The van der Waals surface area contributed by atoms with Crippen LogP contribution in [0.25, 0.3) is 0 Å². The number of amides is 1. The molecule has 1 heterocycles. The molecule has 1 aliphatic heterocycles. The summed E-state index contributed by atoms with van der Waals surface area (Å²) in [6.07, 6.45) is 1.44. The van der Waals surface area contributed by atoms with E-state index < -0.39 is 11.9 Å². The SMILES string of the molecule is COc1cc(/C=N/NC(=O)c2ccc3c(c2)OCO3)ccc1OC(=O)c1ccccc1Cl. The monoisotopic (exact) mass is 452 g/mol. The Morgan fingerprint density at radius 1 is 1.03 bits per heavy atom. The van der Waals surface area contributed by atoms with Crippen molar-refractivity contribution < 1.29 is 28.5 Å². The van der Waals surface area contributed by atoms with Gasteiger partial charge in [0.15, 0.2) is 23.0 Å². The van der Waals surface area contributed by atoms with E-state index in [4.69, 9.17) is 30.5 Å². The molecule has 1 aliphatic rings. The van der Waals surface area contributed by atoms with Gasteiger partial charge < -0.3 is 18.9 Å². The fraction of sp³-hybridized carbons (Fsp3) is 0.0870. The number of nitrogens with one attached hydrogen (secondary N) is 1. The van der Waals surface area contributed by atoms with Crippen molar-refractivity contribution in [3.8, 4) is 23.0 Å². The highest BCUT2D eigenvalue weighted by Crippen LogP contribution is 2.32. The van der Waals surface area contributed by atoms with Gasteiger partial charge in [0.25, 0.3) is 5.91 Å². The molecule has 0 aromatic heterocycles. The Labute approximate surface area is 188 Å². The van der Waals surface area contributed by atoms with Crippen LogP contribution in [0.2, 0.25) is 5.02 Å². The van der Waals surface area contributed by atoms with E-state index in [1.165, 1.54) is 13.3 Å². The maximum absolute atomic E-state index is 12.4. The summed E-state index contributed by atoms with van der Waals surface area (Å²) < 4.78 is 21.2. The second kappa shape index (κ2) is 9.40. The molecule has 8 nitrogen and oxygen atoms in total. The molecule has 3 aromatic rings. The molecule has 32 heavy (non-hydrogen) atoms. The Morgan fingerprint density at radius 2 is 1.84 bits per heavy atom. The van der Waals surface area contributed by atoms with Gasteiger partial charge >= 0.3 is 5.97 Å². The number of carbonyl (C=O) groups is 2. The number of nitrogens with zero attached hydrogens (tertiary/aromatic N) is 1. The number of benzene rings is 3. The van der Waals surface area contributed by atoms with Gasteiger partial charge in [0.05, 0.1) is 23.9 Å². The first-order valence-corrected chi connectivity index (χ1v) is 9.81. The highest BCUT2D eigenvalue weighted by atomic mass is 35.5. The molecule has 0 unspecified atom stereocenters. The Hall–Kier alpha value is -4.04. The maximum atomic E-state index is 12.4. The lowest BCUT2D eigenvalue weighted by Gasteiger charge is -2.10. The fourth-order valence-corrected chi connectivity index (χ4v) is 3.11. The number of rotatable bonds is 6. The number of fused-ring (bicyclic) bond motifs is 1. The lowest BCUT2D eigenvalue weighted by atomic mass is 10.2. The van der Waals surface area contributed by atoms with Gasteiger partial charge in [-0.15, -0.1) is 0 Å². The molecule has 0 saturated carbocycles. The zero-order valence-corrected chi connectivity index (χ0v) is 17.6. The first-order valence-electron chi connectivity index (χ1n) is 9.43. The number of carbonyl (C=O) groups excluding carboxylic acids is 2. The van der Waals surface area contributed by atoms with Crippen molar-refractivity contribution in [2.24, 2.45) is 5.10 Å². The third-order valence-electron chi connectivity index (χ3n) is 4.50. The van der Waals surface area contributed by atoms with E-state index in [0.717, 1.165) is 0 Å². The molecule has 3 aromatic carbocycles. The zero-order chi connectivity index (χ0) is 22.5. The number of methoxy groups -OCH3 is 1. The van der Waals surface area contributed by atoms with Gasteiger partial charge in [0, 0.05) is 5.56 Å². The van der Waals surface area contributed by atoms with Crippen LogP contribution in [-0.4, -0.2) is 32.0 Å². The first kappa shape index (κ1) is 21.2. The molecule has 1 N–H and O–H groups in total. The quantitative estimate of drug-likeness (QED) is 0.262. The highest BCUT2D eigenvalue weighted by molar-refractivity contribution is 6.33. The number of hydrogen-bond acceptors (Lipinski definition) is 7. The summed E-state index contributed by atoms with van der Waals surface area (Å²) in [5.74, 6) is 0.624. The number of ether oxygens (including phenoxy) is 4. The normalized spacial score (nSPS) is 11.9. The topological polar surface area (TPSA) is 95.5 Å². The van der Waals surface area contributed by atoms with Crippen LogP contribution in [0.5, 0.6) is 23.0 Å². The van der Waals surface area contributed by atoms with Crippen molar-refractivity contribution in [3.63, 3.8) is 0 Å². The Morgan fingerprint density at radius 3 is 2.66 bits per heavy atom. The van der Waals surface area contributed by atoms with Crippen molar-refractivity contribution in [2.75, 3.05) is 13.9 Å². The smallest absolute Gasteiger partial charge is 0.345 e. The molecule has 0 radical (unpaired) electrons. The van der Waals surface area contributed by atoms with Crippen LogP contribution < -0.4 is 24.4 Å². The Balaban J connectivity index is 1.42. The minimum absolute atomic E-state index is 0.129. The molecule has 162 valence electrons. The van der Waals surface area contributed by atoms with Gasteiger partial charge in [0.2, 0.25) is 6.79 Å². The van der Waals surface area contributed by atoms with Crippen LogP contribution in [0.4, 0.5) is 0 Å². The van der Waals surface area contributed by atoms with Gasteiger partial charge in [-0.25, -0.2) is 10.2 Å². The van der Waals surface area contributed by atoms with Crippen LogP contribution in [0.3, 0.4) is 0 Å². The van der Waals surface area contributed by atoms with Crippen LogP contribution in [0.15, 0.2) is 65.8 Å². The highest BCUT2D eigenvalue weighted by Gasteiger charge is 2.17. The molecule has 4 rings (SSSR count). The van der Waals surface area contributed by atoms with Crippen LogP contribution in [-0.2, 0) is 0 Å². The molecule has 0 saturated heterocycles. The molecule has 0 spiro atoms. The number of halogens is 1. The predicted molar refractivity (Wildman–Crippen MR) is 117 cm³/mol. The third kappa shape index (κ3) is 4.65. The molecule has 0 atom stereocenters. The summed E-state index contributed by atoms with van der Waals surface area (Å²) in [6, 6.07) is 16.3. The summed E-state index contributed by atoms with van der Waals surface area (Å²) >= 11 is 6.04. The average molecular weight is 453 g/mol. The summed E-state index contributed by atoms with van der Waals surface area (Å²) in [6.45, 7) is 0.129. The van der Waals surface area contributed by atoms with Crippen molar-refractivity contribution in [2.45, 2.75) is 0 Å². The van der Waals surface area contributed by atoms with Crippen molar-refractivity contribution in [1.82, 2.24) is 5.43 Å². The fourth-order valence-electron chi connectivity index (χ4n) is 2.90. The van der Waals surface area contributed by atoms with E-state index >= 15 is 0 Å². The van der Waals surface area contributed by atoms with Crippen LogP contribution >= 0.6 is 11.6 Å². The molecular formula is C23H17ClN2O6. The Bertz CT molecular complexity index is 1210. The van der Waals surface area contributed by atoms with Gasteiger partial charge in [-0.1, -0.05) is 23.7 Å². The van der Waals surface area contributed by atoms with Gasteiger partial charge in [-0.05, 0) is 54.1 Å². The Kier molecular flexibility index (Phi) is 6.23. The summed E-state index contributed by atoms with van der Waals surface area (Å²) in [7, 11) is 1.45. The average Bonchev–Trinajstić information content (AvgIpc) is 3.28. The summed E-state index contributed by atoms with van der Waals surface area (Å²) in [5, 5.41) is 4.25. The minimum Gasteiger partial charge on any atom is -0.493 e. The van der Waals surface area contributed by atoms with E-state index in [9.17, 15) is 9.59 Å². The van der Waals surface area contributed by atoms with E-state index in [2.05, 4.69) is 10.5 Å². The summed E-state index contributed by atoms with van der Waals surface area (Å²) in [4.78, 5) is 24.7. The molecule has 9 heteroatoms. The van der Waals surface area contributed by atoms with Crippen molar-refractivity contribution in [3.05, 3.63) is 82.4 Å². The lowest BCUT2D eigenvalue weighted by Crippen LogP contribution is -2.17. The zero-order valence-electron chi connectivity index (χ0n) is 16.8. The van der Waals surface area contributed by atoms with E-state index in [1.54, 1.807) is 60.7 Å². The van der Waals surface area contributed by atoms with E-state index in [0.29, 0.717) is 33.4 Å². The summed E-state index contributed by atoms with van der Waals surface area (Å²) in [5.41, 5.74) is 3.68. The van der Waals surface area contributed by atoms with Crippen molar-refractivity contribution in [1.29, 1.82) is 0 Å². The largest absolute Gasteiger partial charge is 0.493 e. The van der Waals surface area contributed by atoms with Crippen LogP contribution in [0, 0.1) is 0 Å². The number of hydrazone groups is 1. The molecule has 0 aliphatic carbocycles. The third-order valence-corrected chi connectivity index (χ3v) is 4.83. The molecule has 0 bridgehead atoms. The van der Waals surface area contributed by atoms with Gasteiger partial charge in [-0.2, -0.15) is 5.10 Å². The second-order valence-corrected chi connectivity index (χ2v) is 6.95. The first-order chi connectivity index (χ1) is 15.5. The number of hydrogen-bond donors (Lipinski definition) is 1. The van der Waals surface area contributed by atoms with E-state index in [-0.39, 0.29) is 18.1 Å². The maximum Gasteiger partial charge on any atom is 0.345 e.